The highest BCUT2D eigenvalue weighted by molar-refractivity contribution is 5.49. The predicted molar refractivity (Wildman–Crippen MR) is 80.8 cm³/mol. The van der Waals surface area contributed by atoms with Crippen molar-refractivity contribution in [1.29, 1.82) is 0 Å². The molecule has 112 valence electrons. The molecular weight excluding hydrogens is 252 g/mol. The monoisotopic (exact) mass is 278 g/mol. The fourth-order valence-corrected chi connectivity index (χ4v) is 3.09. The van der Waals surface area contributed by atoms with Crippen LogP contribution >= 0.6 is 0 Å². The van der Waals surface area contributed by atoms with Crippen LogP contribution in [0.1, 0.15) is 33.6 Å². The van der Waals surface area contributed by atoms with E-state index in [2.05, 4.69) is 19.7 Å². The van der Waals surface area contributed by atoms with E-state index in [1.807, 2.05) is 20.8 Å². The van der Waals surface area contributed by atoms with Gasteiger partial charge in [-0.1, -0.05) is 19.7 Å². The normalized spacial score (nSPS) is 29.9. The average molecular weight is 278 g/mol. The summed E-state index contributed by atoms with van der Waals surface area (Å²) in [4.78, 5) is 0. The first-order valence-corrected chi connectivity index (χ1v) is 7.24. The lowest BCUT2D eigenvalue weighted by Gasteiger charge is -2.21. The van der Waals surface area contributed by atoms with Crippen LogP contribution in [0.3, 0.4) is 0 Å². The summed E-state index contributed by atoms with van der Waals surface area (Å²) in [6, 6.07) is 0. The molecule has 0 amide bonds. The van der Waals surface area contributed by atoms with E-state index in [1.165, 1.54) is 0 Å². The van der Waals surface area contributed by atoms with Crippen molar-refractivity contribution in [2.75, 3.05) is 19.8 Å². The summed E-state index contributed by atoms with van der Waals surface area (Å²) in [7, 11) is 0. The summed E-state index contributed by atoms with van der Waals surface area (Å²) in [5.41, 5.74) is 2.26. The van der Waals surface area contributed by atoms with Gasteiger partial charge in [-0.15, -0.1) is 0 Å². The Morgan fingerprint density at radius 1 is 1.15 bits per heavy atom. The van der Waals surface area contributed by atoms with Crippen molar-refractivity contribution < 1.29 is 14.2 Å². The van der Waals surface area contributed by atoms with Crippen LogP contribution in [-0.2, 0) is 14.2 Å². The lowest BCUT2D eigenvalue weighted by molar-refractivity contribution is 0.109. The van der Waals surface area contributed by atoms with Crippen molar-refractivity contribution in [2.24, 2.45) is 0 Å². The minimum atomic E-state index is -0.432. The van der Waals surface area contributed by atoms with Crippen molar-refractivity contribution in [1.82, 2.24) is 0 Å². The third kappa shape index (κ3) is 2.50. The summed E-state index contributed by atoms with van der Waals surface area (Å²) >= 11 is 0. The number of epoxide rings is 2. The molecule has 2 aliphatic rings. The van der Waals surface area contributed by atoms with Crippen LogP contribution in [0.5, 0.6) is 0 Å². The minimum absolute atomic E-state index is 0.326. The van der Waals surface area contributed by atoms with Gasteiger partial charge in [-0.3, -0.25) is 0 Å². The molecule has 2 aliphatic heterocycles. The van der Waals surface area contributed by atoms with Crippen molar-refractivity contribution in [3.63, 3.8) is 0 Å². The van der Waals surface area contributed by atoms with Crippen LogP contribution in [-0.4, -0.2) is 37.1 Å². The molecule has 3 heteroatoms. The molecule has 0 radical (unpaired) electrons. The van der Waals surface area contributed by atoms with Crippen LogP contribution in [0.25, 0.3) is 0 Å². The van der Waals surface area contributed by atoms with Crippen LogP contribution < -0.4 is 0 Å². The van der Waals surface area contributed by atoms with Gasteiger partial charge in [-0.25, -0.2) is 0 Å². The zero-order valence-corrected chi connectivity index (χ0v) is 13.0. The molecule has 0 bridgehead atoms. The molecule has 0 spiro atoms. The van der Waals surface area contributed by atoms with Gasteiger partial charge in [0.2, 0.25) is 0 Å². The summed E-state index contributed by atoms with van der Waals surface area (Å²) < 4.78 is 16.8. The maximum atomic E-state index is 6.14. The second-order valence-electron chi connectivity index (χ2n) is 6.09. The van der Waals surface area contributed by atoms with Gasteiger partial charge in [0.05, 0.1) is 13.2 Å². The van der Waals surface area contributed by atoms with Gasteiger partial charge in [0.25, 0.3) is 0 Å². The summed E-state index contributed by atoms with van der Waals surface area (Å²) in [6.45, 7) is 20.6. The molecule has 20 heavy (non-hydrogen) atoms. The third-order valence-corrected chi connectivity index (χ3v) is 4.27. The first-order valence-electron chi connectivity index (χ1n) is 7.24. The molecule has 0 saturated carbocycles. The molecule has 3 nitrogen and oxygen atoms in total. The second kappa shape index (κ2) is 5.47. The molecule has 2 fully saturated rings. The maximum absolute atomic E-state index is 6.14. The average Bonchev–Trinajstić information content (AvgIpc) is 3.22. The van der Waals surface area contributed by atoms with Crippen LogP contribution in [0.2, 0.25) is 0 Å². The Balaban J connectivity index is 1.92. The third-order valence-electron chi connectivity index (χ3n) is 4.27. The first kappa shape index (κ1) is 15.5. The Kier molecular flexibility index (Phi) is 4.24. The first-order chi connectivity index (χ1) is 9.37. The highest BCUT2D eigenvalue weighted by atomic mass is 16.6. The van der Waals surface area contributed by atoms with Crippen LogP contribution in [0, 0.1) is 0 Å². The van der Waals surface area contributed by atoms with Crippen molar-refractivity contribution >= 4 is 0 Å². The molecular formula is C17H26O3. The van der Waals surface area contributed by atoms with Gasteiger partial charge in [0.1, 0.15) is 17.3 Å². The zero-order chi connectivity index (χ0) is 15.0. The second-order valence-corrected chi connectivity index (χ2v) is 6.09. The highest BCUT2D eigenvalue weighted by Crippen LogP contribution is 2.62. The molecule has 2 unspecified atom stereocenters. The molecule has 2 atom stereocenters. The van der Waals surface area contributed by atoms with Gasteiger partial charge >= 0.3 is 0 Å². The Morgan fingerprint density at radius 3 is 2.15 bits per heavy atom. The molecule has 0 N–H and O–H groups in total. The number of hydrogen-bond donors (Lipinski definition) is 0. The fourth-order valence-electron chi connectivity index (χ4n) is 3.09. The molecule has 2 heterocycles. The Bertz CT molecular complexity index is 420. The van der Waals surface area contributed by atoms with Crippen molar-refractivity contribution in [2.45, 2.75) is 50.9 Å². The van der Waals surface area contributed by atoms with E-state index >= 15 is 0 Å². The Labute approximate surface area is 122 Å². The van der Waals surface area contributed by atoms with E-state index in [9.17, 15) is 0 Å². The van der Waals surface area contributed by atoms with Gasteiger partial charge in [0.15, 0.2) is 0 Å². The molecule has 0 aromatic carbocycles. The quantitative estimate of drug-likeness (QED) is 0.368. The minimum Gasteiger partial charge on any atom is -0.379 e. The summed E-state index contributed by atoms with van der Waals surface area (Å²) in [6.07, 6.45) is 2.14. The standard InChI is InChI=1S/C17H26O3/c1-12(2)16(8-7-9-18-10-15-11-19-15)17(20-16,13(3)4)14(5)6/h15H,1,3,5,7-11H2,2,4,6H3. The number of ether oxygens (including phenoxy) is 3. The summed E-state index contributed by atoms with van der Waals surface area (Å²) in [5.74, 6) is 0. The predicted octanol–water partition coefficient (Wildman–Crippen LogP) is 3.42. The fraction of sp³-hybridized carbons (Fsp3) is 0.647. The maximum Gasteiger partial charge on any atom is 0.143 e. The van der Waals surface area contributed by atoms with E-state index < -0.39 is 5.60 Å². The summed E-state index contributed by atoms with van der Waals surface area (Å²) in [5, 5.41) is 0. The van der Waals surface area contributed by atoms with E-state index in [0.717, 1.165) is 42.8 Å². The molecule has 2 rings (SSSR count). The van der Waals surface area contributed by atoms with Crippen molar-refractivity contribution in [3.05, 3.63) is 36.5 Å². The zero-order valence-electron chi connectivity index (χ0n) is 13.0. The van der Waals surface area contributed by atoms with E-state index in [0.29, 0.717) is 12.7 Å². The lowest BCUT2D eigenvalue weighted by atomic mass is 9.77. The largest absolute Gasteiger partial charge is 0.379 e. The highest BCUT2D eigenvalue weighted by Gasteiger charge is 2.70. The van der Waals surface area contributed by atoms with E-state index in [1.54, 1.807) is 0 Å². The molecule has 0 aliphatic carbocycles. The van der Waals surface area contributed by atoms with Crippen LogP contribution in [0.4, 0.5) is 0 Å². The SMILES string of the molecule is C=C(C)C1(CCCOCC2CO2)OC1(C(=C)C)C(=C)C. The Hall–Kier alpha value is -0.900. The smallest absolute Gasteiger partial charge is 0.143 e. The molecule has 2 saturated heterocycles. The number of rotatable bonds is 9. The van der Waals surface area contributed by atoms with Crippen LogP contribution in [0.15, 0.2) is 36.5 Å². The molecule has 0 aromatic heterocycles. The Morgan fingerprint density at radius 2 is 1.75 bits per heavy atom. The van der Waals surface area contributed by atoms with E-state index in [-0.39, 0.29) is 5.60 Å². The van der Waals surface area contributed by atoms with Gasteiger partial charge in [-0.2, -0.15) is 0 Å². The number of hydrogen-bond acceptors (Lipinski definition) is 3. The molecule has 0 aromatic rings. The van der Waals surface area contributed by atoms with Gasteiger partial charge in [0, 0.05) is 6.61 Å². The van der Waals surface area contributed by atoms with Gasteiger partial charge in [-0.05, 0) is 50.3 Å². The van der Waals surface area contributed by atoms with Gasteiger partial charge < -0.3 is 14.2 Å². The lowest BCUT2D eigenvalue weighted by Crippen LogP contribution is -2.29. The topological polar surface area (TPSA) is 34.3 Å². The van der Waals surface area contributed by atoms with E-state index in [4.69, 9.17) is 14.2 Å². The van der Waals surface area contributed by atoms with Crippen molar-refractivity contribution in [3.8, 4) is 0 Å².